The van der Waals surface area contributed by atoms with Crippen LogP contribution >= 0.6 is 0 Å². The molecule has 0 spiro atoms. The number of ketones is 1. The lowest BCUT2D eigenvalue weighted by molar-refractivity contribution is 0.101. The maximum absolute atomic E-state index is 11.4. The van der Waals surface area contributed by atoms with E-state index in [1.165, 1.54) is 6.92 Å². The molecule has 98 valence electrons. The highest BCUT2D eigenvalue weighted by Crippen LogP contribution is 2.19. The van der Waals surface area contributed by atoms with Gasteiger partial charge in [-0.15, -0.1) is 0 Å². The summed E-state index contributed by atoms with van der Waals surface area (Å²) >= 11 is 0. The molecule has 0 aliphatic carbocycles. The Balaban J connectivity index is 2.14. The average molecular weight is 255 g/mol. The van der Waals surface area contributed by atoms with Crippen LogP contribution in [-0.4, -0.2) is 10.8 Å². The van der Waals surface area contributed by atoms with Crippen molar-refractivity contribution < 1.29 is 4.79 Å². The second-order valence-corrected chi connectivity index (χ2v) is 4.48. The summed E-state index contributed by atoms with van der Waals surface area (Å²) in [5.74, 6) is -0.0323. The minimum absolute atomic E-state index is 0.0323. The van der Waals surface area contributed by atoms with Gasteiger partial charge in [-0.1, -0.05) is 6.07 Å². The molecular formula is C15H17N3O. The molecule has 0 amide bonds. The molecule has 1 heterocycles. The van der Waals surface area contributed by atoms with Crippen molar-refractivity contribution in [3.05, 3.63) is 53.3 Å². The Morgan fingerprint density at radius 3 is 2.84 bits per heavy atom. The van der Waals surface area contributed by atoms with E-state index in [4.69, 9.17) is 5.73 Å². The molecule has 2 aromatic rings. The number of rotatable bonds is 4. The van der Waals surface area contributed by atoms with Crippen LogP contribution in [0.2, 0.25) is 0 Å². The molecule has 0 aliphatic heterocycles. The van der Waals surface area contributed by atoms with Crippen LogP contribution in [0.25, 0.3) is 0 Å². The molecule has 0 unspecified atom stereocenters. The number of anilines is 2. The number of benzene rings is 1. The molecule has 4 heteroatoms. The number of pyridine rings is 1. The highest BCUT2D eigenvalue weighted by Gasteiger charge is 2.06. The van der Waals surface area contributed by atoms with E-state index in [9.17, 15) is 4.79 Å². The second kappa shape index (κ2) is 5.52. The number of nitrogens with one attached hydrogen (secondary N) is 1. The number of carbonyl (C=O) groups is 1. The van der Waals surface area contributed by atoms with Gasteiger partial charge in [-0.3, -0.25) is 9.78 Å². The summed E-state index contributed by atoms with van der Waals surface area (Å²) in [4.78, 5) is 15.7. The molecular weight excluding hydrogens is 238 g/mol. The molecule has 0 saturated heterocycles. The lowest BCUT2D eigenvalue weighted by atomic mass is 10.1. The molecule has 3 N–H and O–H groups in total. The third-order valence-electron chi connectivity index (χ3n) is 3.01. The molecule has 19 heavy (non-hydrogen) atoms. The summed E-state index contributed by atoms with van der Waals surface area (Å²) in [5, 5.41) is 3.25. The van der Waals surface area contributed by atoms with E-state index >= 15 is 0 Å². The fourth-order valence-corrected chi connectivity index (χ4v) is 1.86. The molecule has 0 atom stereocenters. The lowest BCUT2D eigenvalue weighted by Crippen LogP contribution is -2.05. The highest BCUT2D eigenvalue weighted by atomic mass is 16.1. The summed E-state index contributed by atoms with van der Waals surface area (Å²) in [7, 11) is 0. The van der Waals surface area contributed by atoms with Crippen LogP contribution in [0.4, 0.5) is 11.4 Å². The Bertz CT molecular complexity index is 608. The first kappa shape index (κ1) is 13.1. The standard InChI is InChI=1S/C15H17N3O/c1-10-4-3-7-17-15(10)9-18-12-5-6-14(16)13(8-12)11(2)19/h3-8,18H,9,16H2,1-2H3. The van der Waals surface area contributed by atoms with Crippen LogP contribution in [0.3, 0.4) is 0 Å². The molecule has 1 aromatic carbocycles. The van der Waals surface area contributed by atoms with Crippen molar-refractivity contribution in [3.8, 4) is 0 Å². The van der Waals surface area contributed by atoms with Gasteiger partial charge in [-0.05, 0) is 43.7 Å². The van der Waals surface area contributed by atoms with Crippen molar-refractivity contribution in [1.29, 1.82) is 0 Å². The van der Waals surface area contributed by atoms with Gasteiger partial charge in [0.25, 0.3) is 0 Å². The summed E-state index contributed by atoms with van der Waals surface area (Å²) in [6.45, 7) is 4.15. The highest BCUT2D eigenvalue weighted by molar-refractivity contribution is 5.99. The van der Waals surface area contributed by atoms with E-state index in [-0.39, 0.29) is 5.78 Å². The first-order valence-corrected chi connectivity index (χ1v) is 6.13. The van der Waals surface area contributed by atoms with Crippen molar-refractivity contribution in [2.24, 2.45) is 0 Å². The number of hydrogen-bond donors (Lipinski definition) is 2. The Morgan fingerprint density at radius 1 is 1.37 bits per heavy atom. The van der Waals surface area contributed by atoms with Crippen LogP contribution in [0, 0.1) is 6.92 Å². The zero-order chi connectivity index (χ0) is 13.8. The maximum Gasteiger partial charge on any atom is 0.161 e. The largest absolute Gasteiger partial charge is 0.398 e. The SMILES string of the molecule is CC(=O)c1cc(NCc2ncccc2C)ccc1N. The van der Waals surface area contributed by atoms with Gasteiger partial charge in [-0.2, -0.15) is 0 Å². The molecule has 0 bridgehead atoms. The van der Waals surface area contributed by atoms with Crippen molar-refractivity contribution in [1.82, 2.24) is 4.98 Å². The van der Waals surface area contributed by atoms with Crippen LogP contribution in [0.15, 0.2) is 36.5 Å². The van der Waals surface area contributed by atoms with E-state index in [1.807, 2.05) is 25.1 Å². The van der Waals surface area contributed by atoms with E-state index < -0.39 is 0 Å². The van der Waals surface area contributed by atoms with Gasteiger partial charge in [-0.25, -0.2) is 0 Å². The minimum atomic E-state index is -0.0323. The second-order valence-electron chi connectivity index (χ2n) is 4.48. The fraction of sp³-hybridized carbons (Fsp3) is 0.200. The summed E-state index contributed by atoms with van der Waals surface area (Å²) in [5.41, 5.74) is 9.80. The number of aromatic nitrogens is 1. The Hall–Kier alpha value is -2.36. The zero-order valence-corrected chi connectivity index (χ0v) is 11.1. The normalized spacial score (nSPS) is 10.2. The molecule has 0 aliphatic rings. The van der Waals surface area contributed by atoms with Gasteiger partial charge in [0.05, 0.1) is 12.2 Å². The van der Waals surface area contributed by atoms with Gasteiger partial charge in [0.1, 0.15) is 0 Å². The number of aryl methyl sites for hydroxylation is 1. The molecule has 0 radical (unpaired) electrons. The third-order valence-corrected chi connectivity index (χ3v) is 3.01. The lowest BCUT2D eigenvalue weighted by Gasteiger charge is -2.10. The summed E-state index contributed by atoms with van der Waals surface area (Å²) in [6.07, 6.45) is 1.77. The van der Waals surface area contributed by atoms with Crippen LogP contribution in [0.5, 0.6) is 0 Å². The van der Waals surface area contributed by atoms with Crippen LogP contribution < -0.4 is 11.1 Å². The topological polar surface area (TPSA) is 68.0 Å². The third kappa shape index (κ3) is 3.10. The van der Waals surface area contributed by atoms with Crippen molar-refractivity contribution in [3.63, 3.8) is 0 Å². The number of nitrogens with zero attached hydrogens (tertiary/aromatic N) is 1. The van der Waals surface area contributed by atoms with Crippen molar-refractivity contribution in [2.45, 2.75) is 20.4 Å². The first-order valence-electron chi connectivity index (χ1n) is 6.13. The van der Waals surface area contributed by atoms with Gasteiger partial charge in [0.2, 0.25) is 0 Å². The van der Waals surface area contributed by atoms with E-state index in [1.54, 1.807) is 18.3 Å². The number of nitrogen functional groups attached to an aromatic ring is 1. The minimum Gasteiger partial charge on any atom is -0.398 e. The Labute approximate surface area is 112 Å². The van der Waals surface area contributed by atoms with Gasteiger partial charge < -0.3 is 11.1 Å². The van der Waals surface area contributed by atoms with Crippen LogP contribution in [0.1, 0.15) is 28.5 Å². The van der Waals surface area contributed by atoms with Gasteiger partial charge in [0, 0.05) is 23.1 Å². The Morgan fingerprint density at radius 2 is 2.16 bits per heavy atom. The predicted molar refractivity (Wildman–Crippen MR) is 77.2 cm³/mol. The fourth-order valence-electron chi connectivity index (χ4n) is 1.86. The Kier molecular flexibility index (Phi) is 3.80. The zero-order valence-electron chi connectivity index (χ0n) is 11.1. The van der Waals surface area contributed by atoms with E-state index in [2.05, 4.69) is 10.3 Å². The van der Waals surface area contributed by atoms with E-state index in [0.29, 0.717) is 17.8 Å². The van der Waals surface area contributed by atoms with E-state index in [0.717, 1.165) is 16.9 Å². The molecule has 4 nitrogen and oxygen atoms in total. The van der Waals surface area contributed by atoms with Crippen molar-refractivity contribution in [2.75, 3.05) is 11.1 Å². The summed E-state index contributed by atoms with van der Waals surface area (Å²) < 4.78 is 0. The van der Waals surface area contributed by atoms with Crippen LogP contribution in [-0.2, 0) is 6.54 Å². The molecule has 0 fully saturated rings. The number of nitrogens with two attached hydrogens (primary N) is 1. The number of hydrogen-bond acceptors (Lipinski definition) is 4. The average Bonchev–Trinajstić information content (AvgIpc) is 2.39. The first-order chi connectivity index (χ1) is 9.08. The predicted octanol–water partition coefficient (Wildman–Crippen LogP) is 2.79. The smallest absolute Gasteiger partial charge is 0.161 e. The maximum atomic E-state index is 11.4. The van der Waals surface area contributed by atoms with Gasteiger partial charge >= 0.3 is 0 Å². The van der Waals surface area contributed by atoms with Crippen molar-refractivity contribution >= 4 is 17.2 Å². The van der Waals surface area contributed by atoms with Gasteiger partial charge in [0.15, 0.2) is 5.78 Å². The quantitative estimate of drug-likeness (QED) is 0.651. The molecule has 2 rings (SSSR count). The number of Topliss-reactive ketones (excluding diaryl/α,β-unsaturated/α-hetero) is 1. The monoisotopic (exact) mass is 255 g/mol. The molecule has 0 saturated carbocycles. The molecule has 1 aromatic heterocycles. The number of carbonyl (C=O) groups excluding carboxylic acids is 1. The summed E-state index contributed by atoms with van der Waals surface area (Å²) in [6, 6.07) is 9.31.